The Balaban J connectivity index is 2.86. The van der Waals surface area contributed by atoms with Crippen LogP contribution in [0.5, 0.6) is 0 Å². The minimum Gasteiger partial charge on any atom is -0.354 e. The molecule has 0 saturated carbocycles. The van der Waals surface area contributed by atoms with Gasteiger partial charge in [-0.3, -0.25) is 9.59 Å². The van der Waals surface area contributed by atoms with Gasteiger partial charge in [-0.05, 0) is 13.8 Å². The first-order valence-electron chi connectivity index (χ1n) is 5.42. The molecule has 0 aliphatic carbocycles. The highest BCUT2D eigenvalue weighted by Gasteiger charge is 2.41. The van der Waals surface area contributed by atoms with Crippen LogP contribution < -0.4 is 5.32 Å². The summed E-state index contributed by atoms with van der Waals surface area (Å²) in [4.78, 5) is 24.7. The van der Waals surface area contributed by atoms with E-state index in [1.807, 2.05) is 0 Å². The molecule has 1 saturated heterocycles. The molecule has 2 amide bonds. The molecule has 0 radical (unpaired) electrons. The predicted molar refractivity (Wildman–Crippen MR) is 63.1 cm³/mol. The number of carbonyl (C=O) groups is 2. The summed E-state index contributed by atoms with van der Waals surface area (Å²) in [6.07, 6.45) is 1.26. The number of carbonyl (C=O) groups excluding carboxylic acids is 2. The van der Waals surface area contributed by atoms with Gasteiger partial charge in [0.15, 0.2) is 9.84 Å². The van der Waals surface area contributed by atoms with Crippen LogP contribution in [-0.2, 0) is 19.4 Å². The van der Waals surface area contributed by atoms with Gasteiger partial charge >= 0.3 is 0 Å². The Morgan fingerprint density at radius 1 is 1.35 bits per heavy atom. The third-order valence-electron chi connectivity index (χ3n) is 3.04. The van der Waals surface area contributed by atoms with Gasteiger partial charge in [0.25, 0.3) is 0 Å². The lowest BCUT2D eigenvalue weighted by Gasteiger charge is -2.29. The molecule has 0 unspecified atom stereocenters. The van der Waals surface area contributed by atoms with E-state index in [-0.39, 0.29) is 18.9 Å². The van der Waals surface area contributed by atoms with Crippen molar-refractivity contribution in [3.8, 4) is 0 Å². The summed E-state index contributed by atoms with van der Waals surface area (Å²) in [6, 6.07) is 0. The van der Waals surface area contributed by atoms with Gasteiger partial charge in [0.2, 0.25) is 11.8 Å². The molecule has 0 spiro atoms. The molecule has 1 heterocycles. The molecule has 98 valence electrons. The maximum Gasteiger partial charge on any atom is 0.243 e. The van der Waals surface area contributed by atoms with Crippen molar-refractivity contribution in [3.05, 3.63) is 0 Å². The van der Waals surface area contributed by atoms with Gasteiger partial charge in [-0.25, -0.2) is 8.42 Å². The average Bonchev–Trinajstić information content (AvgIpc) is 2.40. The van der Waals surface area contributed by atoms with Crippen LogP contribution in [0, 0.1) is 0 Å². The Hall–Kier alpha value is -1.11. The molecule has 0 bridgehead atoms. The van der Waals surface area contributed by atoms with Crippen molar-refractivity contribution < 1.29 is 18.0 Å². The lowest BCUT2D eigenvalue weighted by atomic mass is 10.1. The van der Waals surface area contributed by atoms with Gasteiger partial charge in [-0.1, -0.05) is 0 Å². The van der Waals surface area contributed by atoms with Gasteiger partial charge in [0, 0.05) is 32.3 Å². The number of nitrogens with zero attached hydrogens (tertiary/aromatic N) is 1. The molecule has 0 aromatic carbocycles. The lowest BCUT2D eigenvalue weighted by molar-refractivity contribution is -0.133. The topological polar surface area (TPSA) is 83.6 Å². The molecule has 0 atom stereocenters. The van der Waals surface area contributed by atoms with Crippen molar-refractivity contribution in [1.29, 1.82) is 0 Å². The highest BCUT2D eigenvalue weighted by atomic mass is 32.2. The summed E-state index contributed by atoms with van der Waals surface area (Å²) in [7, 11) is -3.47. The Labute approximate surface area is 101 Å². The first-order chi connectivity index (χ1) is 7.66. The lowest BCUT2D eigenvalue weighted by Crippen LogP contribution is -2.50. The molecule has 7 heteroatoms. The van der Waals surface area contributed by atoms with E-state index in [9.17, 15) is 18.0 Å². The third-order valence-corrected chi connectivity index (χ3v) is 5.07. The fraction of sp³-hybridized carbons (Fsp3) is 0.800. The van der Waals surface area contributed by atoms with Crippen molar-refractivity contribution in [2.24, 2.45) is 0 Å². The van der Waals surface area contributed by atoms with Crippen LogP contribution in [0.3, 0.4) is 0 Å². The highest BCUT2D eigenvalue weighted by Crippen LogP contribution is 2.19. The minimum atomic E-state index is -3.47. The van der Waals surface area contributed by atoms with Crippen LogP contribution in [0.1, 0.15) is 20.3 Å². The second-order valence-corrected chi connectivity index (χ2v) is 7.24. The van der Waals surface area contributed by atoms with Crippen molar-refractivity contribution >= 4 is 21.7 Å². The quantitative estimate of drug-likeness (QED) is 0.703. The molecule has 17 heavy (non-hydrogen) atoms. The number of amides is 2. The van der Waals surface area contributed by atoms with E-state index in [0.29, 0.717) is 13.1 Å². The SMILES string of the molecule is CC(C)(C(=O)N1CCNC(=O)CC1)S(C)(=O)=O. The molecule has 1 rings (SSSR count). The zero-order valence-electron chi connectivity index (χ0n) is 10.3. The number of nitrogens with one attached hydrogen (secondary N) is 1. The van der Waals surface area contributed by atoms with E-state index in [1.165, 1.54) is 18.7 Å². The first kappa shape index (κ1) is 14.0. The largest absolute Gasteiger partial charge is 0.354 e. The fourth-order valence-corrected chi connectivity index (χ4v) is 1.96. The van der Waals surface area contributed by atoms with E-state index < -0.39 is 20.5 Å². The fourth-order valence-electron chi connectivity index (χ4n) is 1.51. The molecule has 0 aromatic rings. The standard InChI is InChI=1S/C10H18N2O4S/c1-10(2,17(3,15)16)9(14)12-6-4-8(13)11-5-7-12/h4-7H2,1-3H3,(H,11,13). The summed E-state index contributed by atoms with van der Waals surface area (Å²) in [5, 5.41) is 2.64. The number of rotatable bonds is 2. The van der Waals surface area contributed by atoms with Gasteiger partial charge in [0.05, 0.1) is 0 Å². The zero-order chi connectivity index (χ0) is 13.3. The molecule has 1 aliphatic heterocycles. The van der Waals surface area contributed by atoms with Crippen LogP contribution in [-0.4, -0.2) is 55.8 Å². The maximum absolute atomic E-state index is 12.1. The van der Waals surface area contributed by atoms with Crippen LogP contribution >= 0.6 is 0 Å². The van der Waals surface area contributed by atoms with Crippen molar-refractivity contribution in [2.75, 3.05) is 25.9 Å². The van der Waals surface area contributed by atoms with E-state index in [2.05, 4.69) is 5.32 Å². The second kappa shape index (κ2) is 4.64. The summed E-state index contributed by atoms with van der Waals surface area (Å²) in [6.45, 7) is 3.77. The summed E-state index contributed by atoms with van der Waals surface area (Å²) >= 11 is 0. The normalized spacial score (nSPS) is 18.5. The maximum atomic E-state index is 12.1. The molecular weight excluding hydrogens is 244 g/mol. The Morgan fingerprint density at radius 2 is 1.94 bits per heavy atom. The van der Waals surface area contributed by atoms with Gasteiger partial charge in [-0.2, -0.15) is 0 Å². The smallest absolute Gasteiger partial charge is 0.243 e. The van der Waals surface area contributed by atoms with E-state index in [4.69, 9.17) is 0 Å². The highest BCUT2D eigenvalue weighted by molar-refractivity contribution is 7.92. The van der Waals surface area contributed by atoms with Crippen LogP contribution in [0.4, 0.5) is 0 Å². The predicted octanol–water partition coefficient (Wildman–Crippen LogP) is -0.842. The third kappa shape index (κ3) is 2.96. The van der Waals surface area contributed by atoms with Gasteiger partial charge < -0.3 is 10.2 Å². The number of sulfone groups is 1. The van der Waals surface area contributed by atoms with Crippen LogP contribution in [0.2, 0.25) is 0 Å². The Bertz CT molecular complexity index is 428. The summed E-state index contributed by atoms with van der Waals surface area (Å²) in [5.41, 5.74) is 0. The Morgan fingerprint density at radius 3 is 2.47 bits per heavy atom. The first-order valence-corrected chi connectivity index (χ1v) is 7.31. The monoisotopic (exact) mass is 262 g/mol. The van der Waals surface area contributed by atoms with Crippen LogP contribution in [0.15, 0.2) is 0 Å². The van der Waals surface area contributed by atoms with Crippen molar-refractivity contribution in [3.63, 3.8) is 0 Å². The van der Waals surface area contributed by atoms with Gasteiger partial charge in [-0.15, -0.1) is 0 Å². The van der Waals surface area contributed by atoms with E-state index in [0.717, 1.165) is 6.26 Å². The zero-order valence-corrected chi connectivity index (χ0v) is 11.1. The molecule has 1 fully saturated rings. The second-order valence-electron chi connectivity index (χ2n) is 4.67. The van der Waals surface area contributed by atoms with Gasteiger partial charge in [0.1, 0.15) is 4.75 Å². The molecule has 1 N–H and O–H groups in total. The number of hydrogen-bond acceptors (Lipinski definition) is 4. The van der Waals surface area contributed by atoms with Crippen LogP contribution in [0.25, 0.3) is 0 Å². The molecule has 0 aromatic heterocycles. The average molecular weight is 262 g/mol. The van der Waals surface area contributed by atoms with Crippen molar-refractivity contribution in [1.82, 2.24) is 10.2 Å². The van der Waals surface area contributed by atoms with E-state index >= 15 is 0 Å². The minimum absolute atomic E-state index is 0.113. The van der Waals surface area contributed by atoms with Crippen molar-refractivity contribution in [2.45, 2.75) is 25.0 Å². The molecular formula is C10H18N2O4S. The summed E-state index contributed by atoms with van der Waals surface area (Å²) in [5.74, 6) is -0.561. The number of hydrogen-bond donors (Lipinski definition) is 1. The Kier molecular flexibility index (Phi) is 3.81. The molecule has 6 nitrogen and oxygen atoms in total. The van der Waals surface area contributed by atoms with E-state index in [1.54, 1.807) is 0 Å². The summed E-state index contributed by atoms with van der Waals surface area (Å²) < 4.78 is 21.7. The molecule has 1 aliphatic rings.